The first-order valence-corrected chi connectivity index (χ1v) is 7.95. The molecule has 0 saturated heterocycles. The van der Waals surface area contributed by atoms with Crippen LogP contribution in [-0.2, 0) is 6.61 Å². The fourth-order valence-electron chi connectivity index (χ4n) is 2.70. The zero-order valence-corrected chi connectivity index (χ0v) is 13.1. The molecule has 108 valence electrons. The average molecular weight is 297 g/mol. The van der Waals surface area contributed by atoms with Crippen LogP contribution < -0.4 is 5.32 Å². The molecule has 3 aromatic rings. The van der Waals surface area contributed by atoms with Crippen molar-refractivity contribution in [3.8, 4) is 0 Å². The molecular weight excluding hydrogens is 278 g/mol. The van der Waals surface area contributed by atoms with Gasteiger partial charge in [0.2, 0.25) is 0 Å². The fourth-order valence-corrected chi connectivity index (χ4v) is 3.92. The van der Waals surface area contributed by atoms with Crippen molar-refractivity contribution in [2.24, 2.45) is 0 Å². The van der Waals surface area contributed by atoms with Gasteiger partial charge in [-0.1, -0.05) is 36.4 Å². The highest BCUT2D eigenvalue weighted by Crippen LogP contribution is 2.36. The Balaban J connectivity index is 1.93. The van der Waals surface area contributed by atoms with E-state index in [9.17, 15) is 5.11 Å². The fraction of sp³-hybridized carbons (Fsp3) is 0.222. The molecule has 1 heterocycles. The Morgan fingerprint density at radius 2 is 1.81 bits per heavy atom. The maximum absolute atomic E-state index is 9.43. The summed E-state index contributed by atoms with van der Waals surface area (Å²) in [6.07, 6.45) is 0. The Morgan fingerprint density at radius 3 is 2.57 bits per heavy atom. The molecule has 1 atom stereocenters. The van der Waals surface area contributed by atoms with Crippen LogP contribution in [0.5, 0.6) is 0 Å². The van der Waals surface area contributed by atoms with Gasteiger partial charge in [0.15, 0.2) is 0 Å². The van der Waals surface area contributed by atoms with E-state index in [1.165, 1.54) is 20.5 Å². The van der Waals surface area contributed by atoms with Crippen LogP contribution in [0.4, 0.5) is 5.69 Å². The van der Waals surface area contributed by atoms with E-state index in [4.69, 9.17) is 0 Å². The van der Waals surface area contributed by atoms with Crippen molar-refractivity contribution in [1.29, 1.82) is 0 Å². The van der Waals surface area contributed by atoms with E-state index in [0.29, 0.717) is 0 Å². The first-order valence-electron chi connectivity index (χ1n) is 7.14. The molecule has 1 unspecified atom stereocenters. The van der Waals surface area contributed by atoms with Gasteiger partial charge in [0, 0.05) is 20.8 Å². The van der Waals surface area contributed by atoms with Crippen molar-refractivity contribution in [3.05, 3.63) is 64.5 Å². The van der Waals surface area contributed by atoms with Crippen LogP contribution in [-0.4, -0.2) is 5.11 Å². The number of anilines is 1. The third kappa shape index (κ3) is 2.67. The summed E-state index contributed by atoms with van der Waals surface area (Å²) in [7, 11) is 0. The number of rotatable bonds is 4. The number of hydrogen-bond donors (Lipinski definition) is 2. The molecule has 0 saturated carbocycles. The molecule has 0 aliphatic rings. The number of aliphatic hydroxyl groups excluding tert-OH is 1. The number of thiophene rings is 1. The number of para-hydroxylation sites is 1. The summed E-state index contributed by atoms with van der Waals surface area (Å²) in [5.74, 6) is 0. The second-order valence-electron chi connectivity index (χ2n) is 5.27. The standard InChI is InChI=1S/C18H19NOS/c1-12-15-8-4-6-10-17(15)21-18(12)13(2)19-16-9-5-3-7-14(16)11-20/h3-10,13,19-20H,11H2,1-2H3. The molecule has 1 aromatic heterocycles. The minimum atomic E-state index is 0.0568. The lowest BCUT2D eigenvalue weighted by molar-refractivity contribution is 0.282. The predicted molar refractivity (Wildman–Crippen MR) is 91.0 cm³/mol. The van der Waals surface area contributed by atoms with Crippen molar-refractivity contribution in [2.75, 3.05) is 5.32 Å². The van der Waals surface area contributed by atoms with Gasteiger partial charge in [0.25, 0.3) is 0 Å². The van der Waals surface area contributed by atoms with Crippen LogP contribution in [0.3, 0.4) is 0 Å². The van der Waals surface area contributed by atoms with Gasteiger partial charge >= 0.3 is 0 Å². The minimum absolute atomic E-state index is 0.0568. The van der Waals surface area contributed by atoms with Crippen LogP contribution in [0.1, 0.15) is 29.0 Å². The van der Waals surface area contributed by atoms with Gasteiger partial charge < -0.3 is 10.4 Å². The zero-order chi connectivity index (χ0) is 14.8. The number of hydrogen-bond acceptors (Lipinski definition) is 3. The van der Waals surface area contributed by atoms with Gasteiger partial charge in [-0.25, -0.2) is 0 Å². The highest BCUT2D eigenvalue weighted by atomic mass is 32.1. The highest BCUT2D eigenvalue weighted by molar-refractivity contribution is 7.19. The molecule has 2 aromatic carbocycles. The van der Waals surface area contributed by atoms with Crippen LogP contribution in [0, 0.1) is 6.92 Å². The van der Waals surface area contributed by atoms with E-state index in [1.54, 1.807) is 0 Å². The first kappa shape index (κ1) is 14.1. The lowest BCUT2D eigenvalue weighted by Gasteiger charge is -2.17. The van der Waals surface area contributed by atoms with Crippen molar-refractivity contribution in [2.45, 2.75) is 26.5 Å². The summed E-state index contributed by atoms with van der Waals surface area (Å²) in [5, 5.41) is 14.3. The van der Waals surface area contributed by atoms with Gasteiger partial charge in [-0.2, -0.15) is 0 Å². The van der Waals surface area contributed by atoms with Gasteiger partial charge in [-0.15, -0.1) is 11.3 Å². The highest BCUT2D eigenvalue weighted by Gasteiger charge is 2.15. The van der Waals surface area contributed by atoms with Crippen LogP contribution in [0.2, 0.25) is 0 Å². The lowest BCUT2D eigenvalue weighted by atomic mass is 10.1. The molecule has 0 amide bonds. The van der Waals surface area contributed by atoms with E-state index < -0.39 is 0 Å². The SMILES string of the molecule is Cc1c(C(C)Nc2ccccc2CO)sc2ccccc12. The quantitative estimate of drug-likeness (QED) is 0.719. The first-order chi connectivity index (χ1) is 10.2. The molecule has 0 fully saturated rings. The van der Waals surface area contributed by atoms with E-state index in [1.807, 2.05) is 35.6 Å². The van der Waals surface area contributed by atoms with Crippen molar-refractivity contribution < 1.29 is 5.11 Å². The number of fused-ring (bicyclic) bond motifs is 1. The maximum Gasteiger partial charge on any atom is 0.0701 e. The molecule has 0 aliphatic carbocycles. The van der Waals surface area contributed by atoms with Crippen LogP contribution >= 0.6 is 11.3 Å². The number of aliphatic hydroxyl groups is 1. The van der Waals surface area contributed by atoms with E-state index in [0.717, 1.165) is 11.3 Å². The van der Waals surface area contributed by atoms with Crippen LogP contribution in [0.25, 0.3) is 10.1 Å². The summed E-state index contributed by atoms with van der Waals surface area (Å²) in [6, 6.07) is 16.7. The summed E-state index contributed by atoms with van der Waals surface area (Å²) in [6.45, 7) is 4.41. The molecule has 0 bridgehead atoms. The normalized spacial score (nSPS) is 12.5. The number of aryl methyl sites for hydroxylation is 1. The molecule has 2 N–H and O–H groups in total. The predicted octanol–water partition coefficient (Wildman–Crippen LogP) is 4.88. The van der Waals surface area contributed by atoms with Gasteiger partial charge in [0.05, 0.1) is 12.6 Å². The summed E-state index contributed by atoms with van der Waals surface area (Å²) < 4.78 is 1.33. The molecule has 21 heavy (non-hydrogen) atoms. The molecule has 0 radical (unpaired) electrons. The number of benzene rings is 2. The zero-order valence-electron chi connectivity index (χ0n) is 12.3. The molecule has 0 spiro atoms. The lowest BCUT2D eigenvalue weighted by Crippen LogP contribution is -2.08. The molecule has 3 heteroatoms. The number of nitrogens with one attached hydrogen (secondary N) is 1. The summed E-state index contributed by atoms with van der Waals surface area (Å²) >= 11 is 1.84. The van der Waals surface area contributed by atoms with Crippen molar-refractivity contribution >= 4 is 27.1 Å². The minimum Gasteiger partial charge on any atom is -0.392 e. The molecule has 2 nitrogen and oxygen atoms in total. The maximum atomic E-state index is 9.43. The molecule has 3 rings (SSSR count). The Morgan fingerprint density at radius 1 is 1.10 bits per heavy atom. The molecule has 0 aliphatic heterocycles. The second-order valence-corrected chi connectivity index (χ2v) is 6.35. The van der Waals surface area contributed by atoms with Gasteiger partial charge in [0.1, 0.15) is 0 Å². The third-order valence-corrected chi connectivity index (χ3v) is 5.29. The Labute approximate surface area is 129 Å². The van der Waals surface area contributed by atoms with Crippen LogP contribution in [0.15, 0.2) is 48.5 Å². The van der Waals surface area contributed by atoms with Crippen molar-refractivity contribution in [3.63, 3.8) is 0 Å². The Hall–Kier alpha value is -1.84. The van der Waals surface area contributed by atoms with E-state index in [-0.39, 0.29) is 12.6 Å². The topological polar surface area (TPSA) is 32.3 Å². The monoisotopic (exact) mass is 297 g/mol. The van der Waals surface area contributed by atoms with Gasteiger partial charge in [-0.05, 0) is 36.9 Å². The Kier molecular flexibility index (Phi) is 3.95. The summed E-state index contributed by atoms with van der Waals surface area (Å²) in [4.78, 5) is 1.35. The largest absolute Gasteiger partial charge is 0.392 e. The third-order valence-electron chi connectivity index (χ3n) is 3.83. The van der Waals surface area contributed by atoms with E-state index >= 15 is 0 Å². The summed E-state index contributed by atoms with van der Waals surface area (Å²) in [5.41, 5.74) is 3.28. The van der Waals surface area contributed by atoms with Gasteiger partial charge in [-0.3, -0.25) is 0 Å². The molecular formula is C18H19NOS. The average Bonchev–Trinajstić information content (AvgIpc) is 2.85. The van der Waals surface area contributed by atoms with E-state index in [2.05, 4.69) is 43.4 Å². The van der Waals surface area contributed by atoms with Crippen molar-refractivity contribution in [1.82, 2.24) is 0 Å². The smallest absolute Gasteiger partial charge is 0.0701 e. The Bertz CT molecular complexity index is 763. The second kappa shape index (κ2) is 5.88.